The number of anilines is 1. The third-order valence-electron chi connectivity index (χ3n) is 5.60. The Balaban J connectivity index is 1.61. The van der Waals surface area contributed by atoms with Crippen LogP contribution >= 0.6 is 11.6 Å². The molecule has 1 aromatic heterocycles. The third kappa shape index (κ3) is 5.13. The molecule has 1 N–H and O–H groups in total. The van der Waals surface area contributed by atoms with Crippen LogP contribution in [-0.4, -0.2) is 27.3 Å². The van der Waals surface area contributed by atoms with Crippen molar-refractivity contribution in [3.8, 4) is 0 Å². The number of nitrogens with one attached hydrogen (secondary N) is 1. The molecule has 186 valence electrons. The van der Waals surface area contributed by atoms with Crippen LogP contribution in [0.5, 0.6) is 0 Å². The second-order valence-electron chi connectivity index (χ2n) is 8.06. The Labute approximate surface area is 213 Å². The number of allylic oxidation sites excluding steroid dienone is 2. The van der Waals surface area contributed by atoms with Crippen LogP contribution in [0.4, 0.5) is 5.69 Å². The van der Waals surface area contributed by atoms with Gasteiger partial charge >= 0.3 is 5.97 Å². The van der Waals surface area contributed by atoms with E-state index in [0.29, 0.717) is 27.9 Å². The molecule has 0 fully saturated rings. The fraction of sp³-hybridized carbons (Fsp3) is 0.154. The van der Waals surface area contributed by atoms with Crippen LogP contribution in [0.25, 0.3) is 6.08 Å². The summed E-state index contributed by atoms with van der Waals surface area (Å²) in [5.41, 5.74) is 2.32. The highest BCUT2D eigenvalue weighted by atomic mass is 35.5. The maximum absolute atomic E-state index is 13.2. The molecule has 0 bridgehead atoms. The number of ketones is 1. The number of aryl methyl sites for hydroxylation is 1. The Morgan fingerprint density at radius 2 is 1.72 bits per heavy atom. The molecule has 10 heteroatoms. The van der Waals surface area contributed by atoms with Gasteiger partial charge in [-0.1, -0.05) is 29.3 Å². The highest BCUT2D eigenvalue weighted by Gasteiger charge is 2.38. The van der Waals surface area contributed by atoms with Gasteiger partial charge in [-0.15, -0.1) is 0 Å². The Kier molecular flexibility index (Phi) is 7.16. The molecule has 4 rings (SSSR count). The maximum atomic E-state index is 13.2. The number of Topliss-reactive ketones (excluding diaryl/α,β-unsaturated/α-hetero) is 1. The van der Waals surface area contributed by atoms with E-state index in [0.717, 1.165) is 5.56 Å². The summed E-state index contributed by atoms with van der Waals surface area (Å²) < 4.78 is 38.1. The van der Waals surface area contributed by atoms with E-state index in [1.807, 2.05) is 31.2 Å². The molecule has 0 aliphatic carbocycles. The number of sulfonamides is 1. The largest absolute Gasteiger partial charge is 0.465 e. The molecule has 1 aliphatic heterocycles. The van der Waals surface area contributed by atoms with Crippen LogP contribution in [-0.2, 0) is 30.9 Å². The predicted molar refractivity (Wildman–Crippen MR) is 136 cm³/mol. The van der Waals surface area contributed by atoms with Gasteiger partial charge in [0.1, 0.15) is 17.1 Å². The van der Waals surface area contributed by atoms with Crippen molar-refractivity contribution in [1.82, 2.24) is 4.72 Å². The Morgan fingerprint density at radius 3 is 2.36 bits per heavy atom. The summed E-state index contributed by atoms with van der Waals surface area (Å²) in [6.07, 6.45) is 1.51. The van der Waals surface area contributed by atoms with Crippen LogP contribution in [0.3, 0.4) is 0 Å². The summed E-state index contributed by atoms with van der Waals surface area (Å²) >= 11 is 5.83. The minimum absolute atomic E-state index is 0.0631. The quantitative estimate of drug-likeness (QED) is 0.272. The van der Waals surface area contributed by atoms with Gasteiger partial charge in [0.05, 0.1) is 24.2 Å². The molecule has 0 radical (unpaired) electrons. The fourth-order valence-corrected chi connectivity index (χ4v) is 4.87. The van der Waals surface area contributed by atoms with Crippen LogP contribution in [0.2, 0.25) is 5.02 Å². The number of hydrogen-bond donors (Lipinski definition) is 1. The zero-order valence-corrected chi connectivity index (χ0v) is 21.3. The van der Waals surface area contributed by atoms with Crippen molar-refractivity contribution >= 4 is 45.1 Å². The number of carbonyl (C=O) groups is 2. The molecule has 36 heavy (non-hydrogen) atoms. The minimum atomic E-state index is -3.78. The molecule has 3 aromatic rings. The first-order valence-electron chi connectivity index (χ1n) is 10.9. The van der Waals surface area contributed by atoms with Gasteiger partial charge in [-0.3, -0.25) is 4.79 Å². The van der Waals surface area contributed by atoms with Crippen molar-refractivity contribution in [2.75, 3.05) is 12.0 Å². The van der Waals surface area contributed by atoms with Crippen molar-refractivity contribution in [2.45, 2.75) is 25.3 Å². The molecule has 0 unspecified atom stereocenters. The van der Waals surface area contributed by atoms with Crippen molar-refractivity contribution in [2.24, 2.45) is 0 Å². The first kappa shape index (κ1) is 25.4. The molecule has 1 aliphatic rings. The number of benzene rings is 2. The average molecular weight is 527 g/mol. The Morgan fingerprint density at radius 1 is 1.06 bits per heavy atom. The molecule has 0 saturated heterocycles. The molecule has 0 atom stereocenters. The predicted octanol–water partition coefficient (Wildman–Crippen LogP) is 4.60. The smallest absolute Gasteiger partial charge is 0.343 e. The summed E-state index contributed by atoms with van der Waals surface area (Å²) in [7, 11) is -2.56. The highest BCUT2D eigenvalue weighted by molar-refractivity contribution is 7.89. The van der Waals surface area contributed by atoms with Gasteiger partial charge in [0.15, 0.2) is 0 Å². The summed E-state index contributed by atoms with van der Waals surface area (Å²) in [6, 6.07) is 16.5. The number of ether oxygens (including phenoxy) is 1. The lowest BCUT2D eigenvalue weighted by Gasteiger charge is -2.21. The molecule has 0 saturated carbocycles. The molecule has 2 heterocycles. The van der Waals surface area contributed by atoms with Gasteiger partial charge in [0, 0.05) is 22.5 Å². The zero-order valence-electron chi connectivity index (χ0n) is 19.7. The molecule has 2 aromatic carbocycles. The van der Waals surface area contributed by atoms with Crippen LogP contribution < -0.4 is 9.62 Å². The highest BCUT2D eigenvalue weighted by Crippen LogP contribution is 2.36. The van der Waals surface area contributed by atoms with Gasteiger partial charge in [-0.2, -0.15) is 0 Å². The second-order valence-corrected chi connectivity index (χ2v) is 10.3. The molecule has 0 spiro atoms. The molecular weight excluding hydrogens is 504 g/mol. The van der Waals surface area contributed by atoms with Gasteiger partial charge < -0.3 is 14.1 Å². The van der Waals surface area contributed by atoms with Crippen molar-refractivity contribution < 1.29 is 27.2 Å². The average Bonchev–Trinajstić information content (AvgIpc) is 3.40. The van der Waals surface area contributed by atoms with Gasteiger partial charge in [-0.05, 0) is 62.4 Å². The van der Waals surface area contributed by atoms with Gasteiger partial charge in [0.25, 0.3) is 0 Å². The lowest BCUT2D eigenvalue weighted by molar-refractivity contribution is -0.137. The number of halogens is 1. The van der Waals surface area contributed by atoms with E-state index in [9.17, 15) is 18.0 Å². The third-order valence-corrected chi connectivity index (χ3v) is 7.27. The lowest BCUT2D eigenvalue weighted by atomic mass is 10.1. The zero-order chi connectivity index (χ0) is 26.0. The number of nitrogens with zero attached hydrogens (tertiary/aromatic N) is 1. The second kappa shape index (κ2) is 10.1. The number of furan rings is 1. The fourth-order valence-electron chi connectivity index (χ4n) is 3.75. The van der Waals surface area contributed by atoms with Crippen LogP contribution in [0.15, 0.2) is 86.9 Å². The normalized spacial score (nSPS) is 15.2. The molecule has 0 amide bonds. The Hall–Kier alpha value is -3.66. The van der Waals surface area contributed by atoms with E-state index in [-0.39, 0.29) is 22.7 Å². The standard InChI is InChI=1S/C26H23ClN2O6S/c1-16-4-8-19(9-5-16)29-17(2)24(26(31)34-3)25(30)23(29)14-20-10-11-21(35-20)15-28-36(32,33)22-12-6-18(27)7-13-22/h4-14,28H,15H2,1-3H3/b23-14+. The number of carbonyl (C=O) groups excluding carboxylic acids is 2. The number of esters is 1. The maximum Gasteiger partial charge on any atom is 0.343 e. The van der Waals surface area contributed by atoms with E-state index in [1.54, 1.807) is 24.0 Å². The van der Waals surface area contributed by atoms with E-state index in [2.05, 4.69) is 4.72 Å². The Bertz CT molecular complexity index is 1490. The van der Waals surface area contributed by atoms with Crippen molar-refractivity contribution in [3.05, 3.63) is 99.7 Å². The van der Waals surface area contributed by atoms with Gasteiger partial charge in [0.2, 0.25) is 15.8 Å². The van der Waals surface area contributed by atoms with Crippen molar-refractivity contribution in [3.63, 3.8) is 0 Å². The van der Waals surface area contributed by atoms with E-state index in [4.69, 9.17) is 20.8 Å². The summed E-state index contributed by atoms with van der Waals surface area (Å²) in [4.78, 5) is 27.3. The summed E-state index contributed by atoms with van der Waals surface area (Å²) in [5.74, 6) is -0.573. The lowest BCUT2D eigenvalue weighted by Crippen LogP contribution is -2.22. The van der Waals surface area contributed by atoms with E-state index in [1.165, 1.54) is 37.5 Å². The number of rotatable bonds is 7. The van der Waals surface area contributed by atoms with E-state index >= 15 is 0 Å². The van der Waals surface area contributed by atoms with Gasteiger partial charge in [-0.25, -0.2) is 17.9 Å². The summed E-state index contributed by atoms with van der Waals surface area (Å²) in [5, 5.41) is 0.430. The molecule has 8 nitrogen and oxygen atoms in total. The number of methoxy groups -OCH3 is 1. The monoisotopic (exact) mass is 526 g/mol. The van der Waals surface area contributed by atoms with Crippen LogP contribution in [0.1, 0.15) is 24.0 Å². The molecular formula is C26H23ClN2O6S. The first-order valence-corrected chi connectivity index (χ1v) is 12.7. The van der Waals surface area contributed by atoms with Crippen LogP contribution in [0, 0.1) is 6.92 Å². The topological polar surface area (TPSA) is 106 Å². The van der Waals surface area contributed by atoms with Crippen molar-refractivity contribution in [1.29, 1.82) is 0 Å². The van der Waals surface area contributed by atoms with E-state index < -0.39 is 21.8 Å². The first-order chi connectivity index (χ1) is 17.1. The summed E-state index contributed by atoms with van der Waals surface area (Å²) in [6.45, 7) is 3.52. The SMILES string of the molecule is COC(=O)C1=C(C)N(c2ccc(C)cc2)/C(=C/c2ccc(CNS(=O)(=O)c3ccc(Cl)cc3)o2)C1=O. The minimum Gasteiger partial charge on any atom is -0.465 e. The number of hydrogen-bond acceptors (Lipinski definition) is 7.